The van der Waals surface area contributed by atoms with E-state index in [1.807, 2.05) is 0 Å². The number of hydrogen-bond acceptors (Lipinski definition) is 5. The summed E-state index contributed by atoms with van der Waals surface area (Å²) in [4.78, 5) is 12.6. The van der Waals surface area contributed by atoms with Crippen molar-refractivity contribution in [2.24, 2.45) is 0 Å². The third-order valence-corrected chi connectivity index (χ3v) is 5.98. The van der Waals surface area contributed by atoms with E-state index >= 15 is 0 Å². The summed E-state index contributed by atoms with van der Waals surface area (Å²) >= 11 is 1.18. The van der Waals surface area contributed by atoms with Gasteiger partial charge in [-0.05, 0) is 6.42 Å². The van der Waals surface area contributed by atoms with Gasteiger partial charge in [0, 0.05) is 11.8 Å². The van der Waals surface area contributed by atoms with Crippen LogP contribution in [-0.4, -0.2) is 73.0 Å². The summed E-state index contributed by atoms with van der Waals surface area (Å²) in [6, 6.07) is 0. The lowest BCUT2D eigenvalue weighted by atomic mass is 10.4. The van der Waals surface area contributed by atoms with Crippen LogP contribution >= 0.6 is 11.8 Å². The van der Waals surface area contributed by atoms with Gasteiger partial charge < -0.3 is 10.0 Å². The van der Waals surface area contributed by atoms with E-state index in [-0.39, 0.29) is 35.7 Å². The van der Waals surface area contributed by atoms with Gasteiger partial charge in [-0.25, -0.2) is 17.2 Å². The predicted molar refractivity (Wildman–Crippen MR) is 69.2 cm³/mol. The Balaban J connectivity index is 2.40. The summed E-state index contributed by atoms with van der Waals surface area (Å²) in [7, 11) is -3.00. The predicted octanol–water partition coefficient (Wildman–Crippen LogP) is -0.00730. The topological polar surface area (TPSA) is 74.7 Å². The van der Waals surface area contributed by atoms with Crippen molar-refractivity contribution in [3.8, 4) is 0 Å². The van der Waals surface area contributed by atoms with Crippen molar-refractivity contribution < 1.29 is 27.1 Å². The van der Waals surface area contributed by atoms with Crippen LogP contribution in [0.5, 0.6) is 0 Å². The Hall–Kier alpha value is -0.410. The first kappa shape index (κ1) is 16.6. The molecule has 0 aromatic carbocycles. The molecule has 1 atom stereocenters. The molecule has 0 bridgehead atoms. The second-order valence-corrected chi connectivity index (χ2v) is 7.81. The van der Waals surface area contributed by atoms with Gasteiger partial charge in [0.05, 0.1) is 30.4 Å². The molecule has 0 saturated carbocycles. The summed E-state index contributed by atoms with van der Waals surface area (Å²) in [5.74, 6) is -0.369. The van der Waals surface area contributed by atoms with Crippen LogP contribution in [0, 0.1) is 0 Å². The molecule has 1 heterocycles. The molecule has 0 radical (unpaired) electrons. The summed E-state index contributed by atoms with van der Waals surface area (Å²) in [5.41, 5.74) is 0. The molecule has 0 aromatic rings. The Bertz CT molecular complexity index is 402. The van der Waals surface area contributed by atoms with Crippen molar-refractivity contribution in [1.29, 1.82) is 0 Å². The zero-order chi connectivity index (χ0) is 14.5. The van der Waals surface area contributed by atoms with Crippen LogP contribution in [-0.2, 0) is 14.6 Å². The number of carbonyl (C=O) groups is 1. The van der Waals surface area contributed by atoms with E-state index in [0.29, 0.717) is 6.42 Å². The number of hydrogen-bond donors (Lipinski definition) is 1. The van der Waals surface area contributed by atoms with Crippen LogP contribution in [0.4, 0.5) is 8.78 Å². The zero-order valence-corrected chi connectivity index (χ0v) is 11.9. The Kier molecular flexibility index (Phi) is 6.48. The number of thioether (sulfide) groups is 1. The SMILES string of the molecule is O=C(CSC1CCS(=O)(=O)C1)N(CCO)CC(F)F. The average Bonchev–Trinajstić information content (AvgIpc) is 2.65. The number of rotatable bonds is 7. The summed E-state index contributed by atoms with van der Waals surface area (Å²) in [5, 5.41) is 8.58. The summed E-state index contributed by atoms with van der Waals surface area (Å²) in [6.07, 6.45) is -2.15. The number of aliphatic hydroxyl groups excluding tert-OH is 1. The van der Waals surface area contributed by atoms with Gasteiger partial charge >= 0.3 is 0 Å². The van der Waals surface area contributed by atoms with Crippen molar-refractivity contribution in [2.45, 2.75) is 18.1 Å². The molecule has 1 N–H and O–H groups in total. The van der Waals surface area contributed by atoms with Gasteiger partial charge in [0.1, 0.15) is 0 Å². The van der Waals surface area contributed by atoms with Gasteiger partial charge in [0.15, 0.2) is 9.84 Å². The molecular weight excluding hydrogens is 300 g/mol. The number of halogens is 2. The Labute approximate surface area is 115 Å². The molecule has 0 aliphatic carbocycles. The van der Waals surface area contributed by atoms with E-state index in [1.165, 1.54) is 11.8 Å². The molecule has 9 heteroatoms. The molecule has 0 spiro atoms. The van der Waals surface area contributed by atoms with Gasteiger partial charge in [0.2, 0.25) is 5.91 Å². The largest absolute Gasteiger partial charge is 0.395 e. The highest BCUT2D eigenvalue weighted by Gasteiger charge is 2.29. The maximum Gasteiger partial charge on any atom is 0.255 e. The normalized spacial score (nSPS) is 21.8. The fourth-order valence-corrected chi connectivity index (χ4v) is 5.32. The number of sulfone groups is 1. The Morgan fingerprint density at radius 1 is 1.47 bits per heavy atom. The standard InChI is InChI=1S/C10H17F2NO4S2/c11-9(12)5-13(2-3-14)10(15)6-18-8-1-4-19(16,17)7-8/h8-9,14H,1-7H2. The van der Waals surface area contributed by atoms with Crippen LogP contribution < -0.4 is 0 Å². The average molecular weight is 317 g/mol. The van der Waals surface area contributed by atoms with Gasteiger partial charge in [0.25, 0.3) is 6.43 Å². The third-order valence-electron chi connectivity index (χ3n) is 2.71. The summed E-state index contributed by atoms with van der Waals surface area (Å²) in [6.45, 7) is -1.21. The molecule has 19 heavy (non-hydrogen) atoms. The van der Waals surface area contributed by atoms with E-state index in [0.717, 1.165) is 4.90 Å². The van der Waals surface area contributed by atoms with Gasteiger partial charge in [-0.3, -0.25) is 4.79 Å². The van der Waals surface area contributed by atoms with E-state index in [4.69, 9.17) is 5.11 Å². The third kappa shape index (κ3) is 6.05. The first-order valence-corrected chi connectivity index (χ1v) is 8.70. The number of aliphatic hydroxyl groups is 1. The maximum absolute atomic E-state index is 12.2. The second kappa shape index (κ2) is 7.39. The Morgan fingerprint density at radius 2 is 2.16 bits per heavy atom. The zero-order valence-electron chi connectivity index (χ0n) is 10.3. The molecule has 112 valence electrons. The maximum atomic E-state index is 12.2. The first-order valence-electron chi connectivity index (χ1n) is 5.83. The molecule has 1 aliphatic rings. The number of carbonyl (C=O) groups excluding carboxylic acids is 1. The highest BCUT2D eigenvalue weighted by Crippen LogP contribution is 2.24. The fourth-order valence-electron chi connectivity index (χ4n) is 1.78. The van der Waals surface area contributed by atoms with E-state index in [1.54, 1.807) is 0 Å². The second-order valence-electron chi connectivity index (χ2n) is 4.29. The minimum atomic E-state index is -3.00. The van der Waals surface area contributed by atoms with Crippen molar-refractivity contribution in [3.05, 3.63) is 0 Å². The van der Waals surface area contributed by atoms with Crippen LogP contribution in [0.15, 0.2) is 0 Å². The quantitative estimate of drug-likeness (QED) is 0.715. The van der Waals surface area contributed by atoms with Crippen LogP contribution in [0.25, 0.3) is 0 Å². The lowest BCUT2D eigenvalue weighted by Gasteiger charge is -2.21. The Morgan fingerprint density at radius 3 is 2.63 bits per heavy atom. The number of amides is 1. The number of alkyl halides is 2. The lowest BCUT2D eigenvalue weighted by Crippen LogP contribution is -2.38. The van der Waals surface area contributed by atoms with E-state index < -0.39 is 28.7 Å². The fraction of sp³-hybridized carbons (Fsp3) is 0.900. The molecule has 1 aliphatic heterocycles. The van der Waals surface area contributed by atoms with Crippen LogP contribution in [0.2, 0.25) is 0 Å². The molecule has 1 amide bonds. The van der Waals surface area contributed by atoms with Crippen molar-refractivity contribution in [2.75, 3.05) is 37.0 Å². The van der Waals surface area contributed by atoms with Crippen molar-refractivity contribution >= 4 is 27.5 Å². The molecule has 1 fully saturated rings. The van der Waals surface area contributed by atoms with E-state index in [2.05, 4.69) is 0 Å². The van der Waals surface area contributed by atoms with Crippen LogP contribution in [0.3, 0.4) is 0 Å². The molecule has 1 saturated heterocycles. The highest BCUT2D eigenvalue weighted by atomic mass is 32.2. The first-order chi connectivity index (χ1) is 8.84. The highest BCUT2D eigenvalue weighted by molar-refractivity contribution is 8.02. The molecular formula is C10H17F2NO4S2. The minimum absolute atomic E-state index is 0.0348. The molecule has 1 unspecified atom stereocenters. The van der Waals surface area contributed by atoms with Gasteiger partial charge in [-0.15, -0.1) is 11.8 Å². The van der Waals surface area contributed by atoms with Gasteiger partial charge in [-0.1, -0.05) is 0 Å². The molecule has 1 rings (SSSR count). The monoisotopic (exact) mass is 317 g/mol. The van der Waals surface area contributed by atoms with E-state index in [9.17, 15) is 22.0 Å². The number of nitrogens with zero attached hydrogens (tertiary/aromatic N) is 1. The lowest BCUT2D eigenvalue weighted by molar-refractivity contribution is -0.130. The molecule has 0 aromatic heterocycles. The summed E-state index contributed by atoms with van der Waals surface area (Å²) < 4.78 is 47.0. The van der Waals surface area contributed by atoms with Gasteiger partial charge in [-0.2, -0.15) is 0 Å². The van der Waals surface area contributed by atoms with Crippen molar-refractivity contribution in [1.82, 2.24) is 4.90 Å². The smallest absolute Gasteiger partial charge is 0.255 e. The minimum Gasteiger partial charge on any atom is -0.395 e. The van der Waals surface area contributed by atoms with Crippen LogP contribution in [0.1, 0.15) is 6.42 Å². The van der Waals surface area contributed by atoms with Crippen molar-refractivity contribution in [3.63, 3.8) is 0 Å². The molecule has 5 nitrogen and oxygen atoms in total.